The average Bonchev–Trinajstić information content (AvgIpc) is 2.81. The lowest BCUT2D eigenvalue weighted by molar-refractivity contribution is 0.477. The molecule has 0 radical (unpaired) electrons. The van der Waals surface area contributed by atoms with E-state index in [2.05, 4.69) is 10.1 Å². The molecule has 3 aromatic rings. The number of fused-ring (bicyclic) bond motifs is 1. The van der Waals surface area contributed by atoms with Crippen LogP contribution in [0.3, 0.4) is 0 Å². The fraction of sp³-hybridized carbons (Fsp3) is 0. The van der Waals surface area contributed by atoms with Crippen molar-refractivity contribution >= 4 is 5.65 Å². The number of nitriles is 1. The normalized spacial score (nSPS) is 10.4. The van der Waals surface area contributed by atoms with Gasteiger partial charge in [-0.05, 0) is 24.3 Å². The van der Waals surface area contributed by atoms with Gasteiger partial charge in [-0.1, -0.05) is 12.1 Å². The van der Waals surface area contributed by atoms with Crippen LogP contribution < -0.4 is 0 Å². The highest BCUT2D eigenvalue weighted by Crippen LogP contribution is 2.26. The molecule has 0 atom stereocenters. The highest BCUT2D eigenvalue weighted by atomic mass is 16.3. The van der Waals surface area contributed by atoms with Crippen molar-refractivity contribution in [1.82, 2.24) is 14.6 Å². The number of hydrogen-bond acceptors (Lipinski definition) is 4. The topological polar surface area (TPSA) is 74.2 Å². The predicted molar refractivity (Wildman–Crippen MR) is 64.8 cm³/mol. The summed E-state index contributed by atoms with van der Waals surface area (Å²) in [5, 5.41) is 22.8. The predicted octanol–water partition coefficient (Wildman–Crippen LogP) is 1.97. The van der Waals surface area contributed by atoms with E-state index in [1.165, 1.54) is 4.52 Å². The molecule has 0 aliphatic heterocycles. The van der Waals surface area contributed by atoms with E-state index in [9.17, 15) is 5.11 Å². The van der Waals surface area contributed by atoms with Crippen LogP contribution in [0.5, 0.6) is 5.75 Å². The highest BCUT2D eigenvalue weighted by molar-refractivity contribution is 5.65. The van der Waals surface area contributed by atoms with E-state index in [-0.39, 0.29) is 5.75 Å². The van der Waals surface area contributed by atoms with Crippen LogP contribution >= 0.6 is 0 Å². The Morgan fingerprint density at radius 3 is 2.78 bits per heavy atom. The minimum Gasteiger partial charge on any atom is -0.507 e. The van der Waals surface area contributed by atoms with Crippen molar-refractivity contribution in [3.05, 3.63) is 48.2 Å². The van der Waals surface area contributed by atoms with Gasteiger partial charge in [-0.2, -0.15) is 5.26 Å². The Balaban J connectivity index is 2.20. The fourth-order valence-corrected chi connectivity index (χ4v) is 1.73. The molecule has 0 fully saturated rings. The Kier molecular flexibility index (Phi) is 2.21. The third-order valence-electron chi connectivity index (χ3n) is 2.61. The summed E-state index contributed by atoms with van der Waals surface area (Å²) in [6.07, 6.45) is 1.60. The minimum absolute atomic E-state index is 0.133. The maximum atomic E-state index is 9.75. The zero-order chi connectivity index (χ0) is 12.5. The number of benzene rings is 1. The van der Waals surface area contributed by atoms with Crippen LogP contribution in [0, 0.1) is 11.3 Å². The Morgan fingerprint density at radius 2 is 2.00 bits per heavy atom. The van der Waals surface area contributed by atoms with Crippen LogP contribution in [0.25, 0.3) is 17.0 Å². The Bertz CT molecular complexity index is 770. The molecule has 5 nitrogen and oxygen atoms in total. The molecule has 86 valence electrons. The number of para-hydroxylation sites is 1. The van der Waals surface area contributed by atoms with E-state index in [0.29, 0.717) is 22.6 Å². The lowest BCUT2D eigenvalue weighted by atomic mass is 10.2. The maximum Gasteiger partial charge on any atom is 0.185 e. The van der Waals surface area contributed by atoms with E-state index in [1.54, 1.807) is 42.6 Å². The number of phenolic OH excluding ortho intramolecular Hbond substituents is 1. The standard InChI is InChI=1S/C13H8N4O/c14-7-9-5-6-12-15-13(16-17(12)8-9)10-3-1-2-4-11(10)18/h1-6,8,18H. The number of aromatic nitrogens is 3. The second-order valence-corrected chi connectivity index (χ2v) is 3.78. The third kappa shape index (κ3) is 1.57. The lowest BCUT2D eigenvalue weighted by Gasteiger charge is -1.97. The summed E-state index contributed by atoms with van der Waals surface area (Å²) in [6, 6.07) is 12.3. The number of aromatic hydroxyl groups is 1. The molecule has 18 heavy (non-hydrogen) atoms. The molecule has 1 aromatic carbocycles. The number of phenols is 1. The van der Waals surface area contributed by atoms with E-state index in [0.717, 1.165) is 0 Å². The van der Waals surface area contributed by atoms with Crippen molar-refractivity contribution in [3.8, 4) is 23.2 Å². The molecule has 3 rings (SSSR count). The molecule has 2 heterocycles. The summed E-state index contributed by atoms with van der Waals surface area (Å²) in [5.74, 6) is 0.567. The van der Waals surface area contributed by atoms with Crippen LogP contribution in [0.1, 0.15) is 5.56 Å². The van der Waals surface area contributed by atoms with Crippen molar-refractivity contribution in [1.29, 1.82) is 5.26 Å². The first kappa shape index (κ1) is 10.3. The smallest absolute Gasteiger partial charge is 0.185 e. The zero-order valence-corrected chi connectivity index (χ0v) is 9.28. The van der Waals surface area contributed by atoms with Crippen LogP contribution in [0.2, 0.25) is 0 Å². The van der Waals surface area contributed by atoms with Crippen LogP contribution in [-0.4, -0.2) is 19.7 Å². The van der Waals surface area contributed by atoms with E-state index >= 15 is 0 Å². The Morgan fingerprint density at radius 1 is 1.17 bits per heavy atom. The monoisotopic (exact) mass is 236 g/mol. The minimum atomic E-state index is 0.133. The van der Waals surface area contributed by atoms with Gasteiger partial charge < -0.3 is 5.11 Å². The molecule has 1 N–H and O–H groups in total. The fourth-order valence-electron chi connectivity index (χ4n) is 1.73. The molecule has 0 amide bonds. The summed E-state index contributed by atoms with van der Waals surface area (Å²) >= 11 is 0. The Labute approximate surface area is 103 Å². The quantitative estimate of drug-likeness (QED) is 0.701. The number of rotatable bonds is 1. The van der Waals surface area contributed by atoms with Gasteiger partial charge in [0, 0.05) is 6.20 Å². The number of pyridine rings is 1. The van der Waals surface area contributed by atoms with Gasteiger partial charge in [0.1, 0.15) is 11.8 Å². The first-order valence-corrected chi connectivity index (χ1v) is 5.33. The second kappa shape index (κ2) is 3.86. The molecule has 2 aromatic heterocycles. The molecule has 0 unspecified atom stereocenters. The van der Waals surface area contributed by atoms with Crippen molar-refractivity contribution in [3.63, 3.8) is 0 Å². The zero-order valence-electron chi connectivity index (χ0n) is 9.28. The molecular weight excluding hydrogens is 228 g/mol. The van der Waals surface area contributed by atoms with Crippen molar-refractivity contribution in [2.45, 2.75) is 0 Å². The van der Waals surface area contributed by atoms with Gasteiger partial charge in [0.15, 0.2) is 11.5 Å². The molecular formula is C13H8N4O. The third-order valence-corrected chi connectivity index (χ3v) is 2.61. The number of nitrogens with zero attached hydrogens (tertiary/aromatic N) is 4. The van der Waals surface area contributed by atoms with Crippen LogP contribution in [0.4, 0.5) is 0 Å². The maximum absolute atomic E-state index is 9.75. The van der Waals surface area contributed by atoms with E-state index < -0.39 is 0 Å². The van der Waals surface area contributed by atoms with Crippen LogP contribution in [0.15, 0.2) is 42.6 Å². The first-order valence-electron chi connectivity index (χ1n) is 5.33. The summed E-state index contributed by atoms with van der Waals surface area (Å²) in [4.78, 5) is 4.30. The van der Waals surface area contributed by atoms with Crippen molar-refractivity contribution in [2.75, 3.05) is 0 Å². The average molecular weight is 236 g/mol. The molecule has 0 aliphatic rings. The SMILES string of the molecule is N#Cc1ccc2nc(-c3ccccc3O)nn2c1. The largest absolute Gasteiger partial charge is 0.507 e. The van der Waals surface area contributed by atoms with Gasteiger partial charge >= 0.3 is 0 Å². The van der Waals surface area contributed by atoms with Crippen molar-refractivity contribution in [2.24, 2.45) is 0 Å². The van der Waals surface area contributed by atoms with E-state index in [4.69, 9.17) is 5.26 Å². The summed E-state index contributed by atoms with van der Waals surface area (Å²) in [5.41, 5.74) is 1.71. The van der Waals surface area contributed by atoms with Gasteiger partial charge in [-0.15, -0.1) is 5.10 Å². The van der Waals surface area contributed by atoms with Gasteiger partial charge in [0.05, 0.1) is 11.1 Å². The first-order chi connectivity index (χ1) is 8.78. The highest BCUT2D eigenvalue weighted by Gasteiger charge is 2.10. The van der Waals surface area contributed by atoms with Gasteiger partial charge in [0.2, 0.25) is 0 Å². The Hall–Kier alpha value is -2.87. The van der Waals surface area contributed by atoms with Crippen LogP contribution in [-0.2, 0) is 0 Å². The molecule has 0 aliphatic carbocycles. The lowest BCUT2D eigenvalue weighted by Crippen LogP contribution is -1.88. The molecule has 0 bridgehead atoms. The molecule has 0 spiro atoms. The van der Waals surface area contributed by atoms with Gasteiger partial charge in [0.25, 0.3) is 0 Å². The molecule has 0 saturated carbocycles. The van der Waals surface area contributed by atoms with Gasteiger partial charge in [-0.25, -0.2) is 9.50 Å². The second-order valence-electron chi connectivity index (χ2n) is 3.78. The van der Waals surface area contributed by atoms with Gasteiger partial charge in [-0.3, -0.25) is 0 Å². The van der Waals surface area contributed by atoms with Crippen molar-refractivity contribution < 1.29 is 5.11 Å². The molecule has 5 heteroatoms. The molecule has 0 saturated heterocycles. The number of hydrogen-bond donors (Lipinski definition) is 1. The summed E-state index contributed by atoms with van der Waals surface area (Å²) < 4.78 is 1.53. The van der Waals surface area contributed by atoms with E-state index in [1.807, 2.05) is 6.07 Å². The summed E-state index contributed by atoms with van der Waals surface area (Å²) in [7, 11) is 0. The summed E-state index contributed by atoms with van der Waals surface area (Å²) in [6.45, 7) is 0.